The molecule has 0 radical (unpaired) electrons. The lowest BCUT2D eigenvalue weighted by Crippen LogP contribution is -2.05. The Labute approximate surface area is 109 Å². The molecule has 1 aromatic carbocycles. The zero-order valence-corrected chi connectivity index (χ0v) is 10.3. The topological polar surface area (TPSA) is 42.4 Å². The lowest BCUT2D eigenvalue weighted by Gasteiger charge is -2.12. The molecule has 1 unspecified atom stereocenters. The lowest BCUT2D eigenvalue weighted by molar-refractivity contribution is 0.173. The highest BCUT2D eigenvalue weighted by Crippen LogP contribution is 2.22. The summed E-state index contributed by atoms with van der Waals surface area (Å²) < 4.78 is 31.2. The van der Waals surface area contributed by atoms with Crippen LogP contribution < -0.4 is 4.74 Å². The van der Waals surface area contributed by atoms with Crippen LogP contribution in [0.4, 0.5) is 8.78 Å². The summed E-state index contributed by atoms with van der Waals surface area (Å²) in [5.74, 6) is -0.959. The standard InChI is InChI=1S/C14H13F2NO2/c1-19-14-5-2-9(8-17-14)6-13(18)11-4-3-10(15)7-12(11)16/h2-5,7-8,13,18H,6H2,1H3. The summed E-state index contributed by atoms with van der Waals surface area (Å²) in [5.41, 5.74) is 0.800. The van der Waals surface area contributed by atoms with E-state index in [1.165, 1.54) is 13.2 Å². The molecule has 0 aliphatic carbocycles. The van der Waals surface area contributed by atoms with Gasteiger partial charge in [-0.2, -0.15) is 0 Å². The number of benzene rings is 1. The SMILES string of the molecule is COc1ccc(CC(O)c2ccc(F)cc2F)cn1. The summed E-state index contributed by atoms with van der Waals surface area (Å²) in [6.45, 7) is 0. The Morgan fingerprint density at radius 3 is 2.63 bits per heavy atom. The maximum Gasteiger partial charge on any atom is 0.212 e. The molecular weight excluding hydrogens is 252 g/mol. The van der Waals surface area contributed by atoms with Gasteiger partial charge in [0, 0.05) is 30.3 Å². The van der Waals surface area contributed by atoms with Gasteiger partial charge in [-0.1, -0.05) is 12.1 Å². The van der Waals surface area contributed by atoms with E-state index in [0.29, 0.717) is 5.88 Å². The van der Waals surface area contributed by atoms with E-state index in [1.807, 2.05) is 0 Å². The van der Waals surface area contributed by atoms with E-state index in [0.717, 1.165) is 17.7 Å². The zero-order valence-electron chi connectivity index (χ0n) is 10.3. The van der Waals surface area contributed by atoms with Gasteiger partial charge >= 0.3 is 0 Å². The van der Waals surface area contributed by atoms with Gasteiger partial charge < -0.3 is 9.84 Å². The van der Waals surface area contributed by atoms with Crippen LogP contribution in [0.5, 0.6) is 5.88 Å². The molecule has 0 bridgehead atoms. The Morgan fingerprint density at radius 2 is 2.05 bits per heavy atom. The first-order valence-electron chi connectivity index (χ1n) is 5.72. The second kappa shape index (κ2) is 5.75. The molecule has 5 heteroatoms. The molecule has 0 saturated heterocycles. The van der Waals surface area contributed by atoms with Crippen LogP contribution in [0.15, 0.2) is 36.5 Å². The first-order chi connectivity index (χ1) is 9.10. The van der Waals surface area contributed by atoms with Crippen molar-refractivity contribution in [3.05, 3.63) is 59.3 Å². The van der Waals surface area contributed by atoms with Crippen molar-refractivity contribution >= 4 is 0 Å². The van der Waals surface area contributed by atoms with Crippen LogP contribution in [-0.4, -0.2) is 17.2 Å². The molecule has 2 aromatic rings. The fourth-order valence-corrected chi connectivity index (χ4v) is 1.76. The normalized spacial score (nSPS) is 12.2. The first kappa shape index (κ1) is 13.4. The van der Waals surface area contributed by atoms with Gasteiger partial charge in [-0.15, -0.1) is 0 Å². The van der Waals surface area contributed by atoms with Crippen LogP contribution in [0.3, 0.4) is 0 Å². The third-order valence-corrected chi connectivity index (χ3v) is 2.76. The number of methoxy groups -OCH3 is 1. The van der Waals surface area contributed by atoms with Gasteiger partial charge in [0.2, 0.25) is 5.88 Å². The quantitative estimate of drug-likeness (QED) is 0.924. The minimum atomic E-state index is -1.05. The number of aliphatic hydroxyl groups is 1. The van der Waals surface area contributed by atoms with Crippen molar-refractivity contribution in [2.75, 3.05) is 7.11 Å². The molecule has 19 heavy (non-hydrogen) atoms. The summed E-state index contributed by atoms with van der Waals surface area (Å²) in [6, 6.07) is 6.50. The molecule has 0 spiro atoms. The molecule has 1 N–H and O–H groups in total. The molecular formula is C14H13F2NO2. The molecule has 0 saturated carbocycles. The minimum absolute atomic E-state index is 0.0669. The second-order valence-corrected chi connectivity index (χ2v) is 4.09. The maximum atomic E-state index is 13.5. The van der Waals surface area contributed by atoms with Gasteiger partial charge in [-0.05, 0) is 11.6 Å². The van der Waals surface area contributed by atoms with Crippen LogP contribution in [0.25, 0.3) is 0 Å². The van der Waals surface area contributed by atoms with Crippen molar-refractivity contribution < 1.29 is 18.6 Å². The van der Waals surface area contributed by atoms with Crippen LogP contribution in [0, 0.1) is 11.6 Å². The third kappa shape index (κ3) is 3.26. The number of pyridine rings is 1. The number of aromatic nitrogens is 1. The summed E-state index contributed by atoms with van der Waals surface area (Å²) in [4.78, 5) is 3.99. The van der Waals surface area contributed by atoms with Gasteiger partial charge in [-0.3, -0.25) is 0 Å². The molecule has 0 aliphatic heterocycles. The highest BCUT2D eigenvalue weighted by Gasteiger charge is 2.14. The highest BCUT2D eigenvalue weighted by atomic mass is 19.1. The molecule has 0 fully saturated rings. The van der Waals surface area contributed by atoms with Crippen molar-refractivity contribution in [3.63, 3.8) is 0 Å². The summed E-state index contributed by atoms with van der Waals surface area (Å²) >= 11 is 0. The monoisotopic (exact) mass is 265 g/mol. The fraction of sp³-hybridized carbons (Fsp3) is 0.214. The molecule has 1 heterocycles. The average molecular weight is 265 g/mol. The predicted octanol–water partition coefficient (Wildman–Crippen LogP) is 2.64. The number of halogens is 2. The van der Waals surface area contributed by atoms with E-state index < -0.39 is 17.7 Å². The summed E-state index contributed by atoms with van der Waals surface area (Å²) in [5, 5.41) is 9.95. The maximum absolute atomic E-state index is 13.5. The average Bonchev–Trinajstić information content (AvgIpc) is 2.39. The van der Waals surface area contributed by atoms with Gasteiger partial charge in [0.1, 0.15) is 11.6 Å². The first-order valence-corrected chi connectivity index (χ1v) is 5.72. The number of rotatable bonds is 4. The lowest BCUT2D eigenvalue weighted by atomic mass is 10.0. The fourth-order valence-electron chi connectivity index (χ4n) is 1.76. The van der Waals surface area contributed by atoms with Crippen LogP contribution in [0.1, 0.15) is 17.2 Å². The van der Waals surface area contributed by atoms with Crippen LogP contribution in [-0.2, 0) is 6.42 Å². The highest BCUT2D eigenvalue weighted by molar-refractivity contribution is 5.24. The molecule has 2 rings (SSSR count). The smallest absolute Gasteiger partial charge is 0.212 e. The van der Waals surface area contributed by atoms with E-state index >= 15 is 0 Å². The number of hydrogen-bond acceptors (Lipinski definition) is 3. The van der Waals surface area contributed by atoms with E-state index in [-0.39, 0.29) is 12.0 Å². The van der Waals surface area contributed by atoms with E-state index in [9.17, 15) is 13.9 Å². The van der Waals surface area contributed by atoms with Crippen LogP contribution in [0.2, 0.25) is 0 Å². The van der Waals surface area contributed by atoms with E-state index in [1.54, 1.807) is 18.3 Å². The minimum Gasteiger partial charge on any atom is -0.481 e. The van der Waals surface area contributed by atoms with Gasteiger partial charge in [0.05, 0.1) is 13.2 Å². The van der Waals surface area contributed by atoms with E-state index in [4.69, 9.17) is 4.74 Å². The number of nitrogens with zero attached hydrogens (tertiary/aromatic N) is 1. The Bertz CT molecular complexity index is 558. The van der Waals surface area contributed by atoms with Gasteiger partial charge in [-0.25, -0.2) is 13.8 Å². The predicted molar refractivity (Wildman–Crippen MR) is 65.8 cm³/mol. The van der Waals surface area contributed by atoms with Crippen molar-refractivity contribution in [2.24, 2.45) is 0 Å². The van der Waals surface area contributed by atoms with Crippen molar-refractivity contribution in [1.82, 2.24) is 4.98 Å². The van der Waals surface area contributed by atoms with Gasteiger partial charge in [0.15, 0.2) is 0 Å². The van der Waals surface area contributed by atoms with E-state index in [2.05, 4.69) is 4.98 Å². The third-order valence-electron chi connectivity index (χ3n) is 2.76. The Kier molecular flexibility index (Phi) is 4.06. The number of ether oxygens (including phenoxy) is 1. The largest absolute Gasteiger partial charge is 0.481 e. The summed E-state index contributed by atoms with van der Waals surface area (Å²) in [7, 11) is 1.50. The van der Waals surface area contributed by atoms with Crippen molar-refractivity contribution in [2.45, 2.75) is 12.5 Å². The number of hydrogen-bond donors (Lipinski definition) is 1. The second-order valence-electron chi connectivity index (χ2n) is 4.09. The Balaban J connectivity index is 2.13. The van der Waals surface area contributed by atoms with Gasteiger partial charge in [0.25, 0.3) is 0 Å². The van der Waals surface area contributed by atoms with Crippen LogP contribution >= 0.6 is 0 Å². The molecule has 1 atom stereocenters. The van der Waals surface area contributed by atoms with Crippen molar-refractivity contribution in [3.8, 4) is 5.88 Å². The Morgan fingerprint density at radius 1 is 1.26 bits per heavy atom. The Hall–Kier alpha value is -2.01. The molecule has 3 nitrogen and oxygen atoms in total. The number of aliphatic hydroxyl groups excluding tert-OH is 1. The zero-order chi connectivity index (χ0) is 13.8. The molecule has 0 amide bonds. The molecule has 100 valence electrons. The van der Waals surface area contributed by atoms with Crippen molar-refractivity contribution in [1.29, 1.82) is 0 Å². The molecule has 0 aliphatic rings. The summed E-state index contributed by atoms with van der Waals surface area (Å²) in [6.07, 6.45) is 0.694. The molecule has 1 aromatic heterocycles.